The van der Waals surface area contributed by atoms with Gasteiger partial charge in [-0.2, -0.15) is 10.2 Å². The van der Waals surface area contributed by atoms with Gasteiger partial charge in [0.05, 0.1) is 17.0 Å². The zero-order valence-electron chi connectivity index (χ0n) is 12.7. The van der Waals surface area contributed by atoms with E-state index < -0.39 is 0 Å². The van der Waals surface area contributed by atoms with Crippen LogP contribution in [-0.2, 0) is 20.1 Å². The highest BCUT2D eigenvalue weighted by Crippen LogP contribution is 2.13. The van der Waals surface area contributed by atoms with Crippen LogP contribution in [0.15, 0.2) is 6.20 Å². The second-order valence-corrected chi connectivity index (χ2v) is 4.96. The predicted octanol–water partition coefficient (Wildman–Crippen LogP) is 1.49. The van der Waals surface area contributed by atoms with Gasteiger partial charge in [0.25, 0.3) is 5.91 Å². The molecule has 108 valence electrons. The Morgan fingerprint density at radius 2 is 1.95 bits per heavy atom. The Morgan fingerprint density at radius 1 is 1.25 bits per heavy atom. The second-order valence-electron chi connectivity index (χ2n) is 4.96. The average Bonchev–Trinajstić information content (AvgIpc) is 2.86. The van der Waals surface area contributed by atoms with Crippen molar-refractivity contribution in [3.05, 3.63) is 34.4 Å². The smallest absolute Gasteiger partial charge is 0.255 e. The van der Waals surface area contributed by atoms with Crippen LogP contribution in [-0.4, -0.2) is 25.5 Å². The van der Waals surface area contributed by atoms with Crippen molar-refractivity contribution >= 4 is 5.91 Å². The molecule has 0 spiro atoms. The number of hydrogen-bond donors (Lipinski definition) is 1. The van der Waals surface area contributed by atoms with Crippen LogP contribution in [0.25, 0.3) is 0 Å². The topological polar surface area (TPSA) is 64.7 Å². The van der Waals surface area contributed by atoms with Gasteiger partial charge < -0.3 is 5.32 Å². The van der Waals surface area contributed by atoms with E-state index in [-0.39, 0.29) is 5.91 Å². The monoisotopic (exact) mass is 275 g/mol. The van der Waals surface area contributed by atoms with Crippen molar-refractivity contribution in [2.24, 2.45) is 7.05 Å². The Morgan fingerprint density at radius 3 is 2.45 bits per heavy atom. The number of carbonyl (C=O) groups excluding carboxylic acids is 1. The lowest BCUT2D eigenvalue weighted by Gasteiger charge is -2.05. The lowest BCUT2D eigenvalue weighted by Crippen LogP contribution is -2.24. The molecule has 0 aliphatic rings. The lowest BCUT2D eigenvalue weighted by molar-refractivity contribution is 0.0949. The van der Waals surface area contributed by atoms with Crippen molar-refractivity contribution < 1.29 is 4.79 Å². The lowest BCUT2D eigenvalue weighted by atomic mass is 10.1. The molecule has 0 aliphatic carbocycles. The second kappa shape index (κ2) is 5.48. The molecule has 0 bridgehead atoms. The fourth-order valence-electron chi connectivity index (χ4n) is 2.42. The van der Waals surface area contributed by atoms with Crippen LogP contribution in [0.2, 0.25) is 0 Å². The van der Waals surface area contributed by atoms with Crippen LogP contribution in [0.3, 0.4) is 0 Å². The van der Waals surface area contributed by atoms with Crippen LogP contribution in [0.1, 0.15) is 39.9 Å². The van der Waals surface area contributed by atoms with E-state index in [1.165, 1.54) is 0 Å². The maximum Gasteiger partial charge on any atom is 0.255 e. The predicted molar refractivity (Wildman–Crippen MR) is 76.5 cm³/mol. The summed E-state index contributed by atoms with van der Waals surface area (Å²) < 4.78 is 3.60. The summed E-state index contributed by atoms with van der Waals surface area (Å²) in [5.74, 6) is -0.0806. The van der Waals surface area contributed by atoms with Gasteiger partial charge in [-0.05, 0) is 27.7 Å². The van der Waals surface area contributed by atoms with Crippen molar-refractivity contribution in [2.45, 2.75) is 40.8 Å². The first kappa shape index (κ1) is 14.3. The van der Waals surface area contributed by atoms with Crippen LogP contribution >= 0.6 is 0 Å². The molecule has 0 radical (unpaired) electrons. The maximum absolute atomic E-state index is 12.3. The number of amides is 1. The molecule has 6 nitrogen and oxygen atoms in total. The Bertz CT molecular complexity index is 638. The summed E-state index contributed by atoms with van der Waals surface area (Å²) in [4.78, 5) is 12.3. The Kier molecular flexibility index (Phi) is 3.92. The fraction of sp³-hybridized carbons (Fsp3) is 0.500. The number of hydrogen-bond acceptors (Lipinski definition) is 3. The minimum Gasteiger partial charge on any atom is -0.348 e. The highest BCUT2D eigenvalue weighted by atomic mass is 16.1. The van der Waals surface area contributed by atoms with Crippen LogP contribution in [0.5, 0.6) is 0 Å². The number of rotatable bonds is 4. The maximum atomic E-state index is 12.3. The molecule has 20 heavy (non-hydrogen) atoms. The molecule has 1 N–H and O–H groups in total. The fourth-order valence-corrected chi connectivity index (χ4v) is 2.42. The molecule has 0 aromatic carbocycles. The molecule has 0 unspecified atom stereocenters. The third kappa shape index (κ3) is 2.59. The van der Waals surface area contributed by atoms with Gasteiger partial charge in [-0.1, -0.05) is 0 Å². The number of nitrogens with one attached hydrogen (secondary N) is 1. The van der Waals surface area contributed by atoms with Gasteiger partial charge in [0, 0.05) is 37.6 Å². The highest BCUT2D eigenvalue weighted by molar-refractivity contribution is 5.96. The quantitative estimate of drug-likeness (QED) is 0.919. The number of aromatic nitrogens is 4. The first-order valence-electron chi connectivity index (χ1n) is 6.75. The molecule has 0 aliphatic heterocycles. The van der Waals surface area contributed by atoms with Crippen molar-refractivity contribution in [3.63, 3.8) is 0 Å². The van der Waals surface area contributed by atoms with Gasteiger partial charge in [-0.15, -0.1) is 0 Å². The molecular formula is C14H21N5O. The van der Waals surface area contributed by atoms with Crippen LogP contribution < -0.4 is 5.32 Å². The molecule has 0 fully saturated rings. The molecule has 1 amide bonds. The number of carbonyl (C=O) groups is 1. The number of aryl methyl sites for hydroxylation is 4. The van der Waals surface area contributed by atoms with Crippen molar-refractivity contribution in [1.29, 1.82) is 0 Å². The van der Waals surface area contributed by atoms with E-state index in [1.54, 1.807) is 4.68 Å². The molecule has 6 heteroatoms. The molecule has 2 aromatic rings. The minimum absolute atomic E-state index is 0.0806. The van der Waals surface area contributed by atoms with Crippen molar-refractivity contribution in [3.8, 4) is 0 Å². The summed E-state index contributed by atoms with van der Waals surface area (Å²) >= 11 is 0. The van der Waals surface area contributed by atoms with Gasteiger partial charge in [0.2, 0.25) is 0 Å². The Hall–Kier alpha value is -2.11. The van der Waals surface area contributed by atoms with E-state index >= 15 is 0 Å². The first-order valence-corrected chi connectivity index (χ1v) is 6.75. The molecular weight excluding hydrogens is 254 g/mol. The van der Waals surface area contributed by atoms with E-state index in [4.69, 9.17) is 0 Å². The normalized spacial score (nSPS) is 10.8. The van der Waals surface area contributed by atoms with E-state index in [0.29, 0.717) is 12.1 Å². The minimum atomic E-state index is -0.0806. The SMILES string of the molecule is CCn1nc(C)c(C(=O)NCc2cn(C)nc2C)c1C. The van der Waals surface area contributed by atoms with Gasteiger partial charge in [-0.3, -0.25) is 14.2 Å². The van der Waals surface area contributed by atoms with E-state index in [2.05, 4.69) is 15.5 Å². The van der Waals surface area contributed by atoms with Crippen LogP contribution in [0, 0.1) is 20.8 Å². The molecule has 0 atom stereocenters. The third-order valence-electron chi connectivity index (χ3n) is 3.46. The standard InChI is InChI=1S/C14H21N5O/c1-6-19-11(4)13(10(3)17-19)14(20)15-7-12-8-18(5)16-9(12)2/h8H,6-7H2,1-5H3,(H,15,20). The molecule has 2 aromatic heterocycles. The summed E-state index contributed by atoms with van der Waals surface area (Å²) in [6.07, 6.45) is 1.92. The average molecular weight is 275 g/mol. The van der Waals surface area contributed by atoms with Crippen LogP contribution in [0.4, 0.5) is 0 Å². The first-order chi connectivity index (χ1) is 9.43. The van der Waals surface area contributed by atoms with Gasteiger partial charge in [-0.25, -0.2) is 0 Å². The van der Waals surface area contributed by atoms with E-state index in [0.717, 1.165) is 29.2 Å². The largest absolute Gasteiger partial charge is 0.348 e. The summed E-state index contributed by atoms with van der Waals surface area (Å²) in [5, 5.41) is 11.6. The zero-order valence-corrected chi connectivity index (χ0v) is 12.7. The molecule has 2 rings (SSSR count). The van der Waals surface area contributed by atoms with Gasteiger partial charge in [0.1, 0.15) is 0 Å². The van der Waals surface area contributed by atoms with E-state index in [1.807, 2.05) is 45.6 Å². The third-order valence-corrected chi connectivity index (χ3v) is 3.46. The van der Waals surface area contributed by atoms with E-state index in [9.17, 15) is 4.79 Å². The zero-order chi connectivity index (χ0) is 14.9. The summed E-state index contributed by atoms with van der Waals surface area (Å²) in [6, 6.07) is 0. The number of nitrogens with zero attached hydrogens (tertiary/aromatic N) is 4. The highest BCUT2D eigenvalue weighted by Gasteiger charge is 2.18. The van der Waals surface area contributed by atoms with Gasteiger partial charge >= 0.3 is 0 Å². The Balaban J connectivity index is 2.13. The van der Waals surface area contributed by atoms with Crippen molar-refractivity contribution in [2.75, 3.05) is 0 Å². The molecule has 0 saturated carbocycles. The Labute approximate surface area is 118 Å². The molecule has 2 heterocycles. The molecule has 0 saturated heterocycles. The summed E-state index contributed by atoms with van der Waals surface area (Å²) in [7, 11) is 1.87. The van der Waals surface area contributed by atoms with Crippen molar-refractivity contribution in [1.82, 2.24) is 24.9 Å². The van der Waals surface area contributed by atoms with Gasteiger partial charge in [0.15, 0.2) is 0 Å². The summed E-state index contributed by atoms with van der Waals surface area (Å²) in [5.41, 5.74) is 4.31. The summed E-state index contributed by atoms with van der Waals surface area (Å²) in [6.45, 7) is 8.99.